The van der Waals surface area contributed by atoms with Crippen LogP contribution in [0, 0.1) is 6.92 Å². The van der Waals surface area contributed by atoms with E-state index < -0.39 is 16.0 Å². The number of nitrogens with one attached hydrogen (secondary N) is 1. The summed E-state index contributed by atoms with van der Waals surface area (Å²) in [5, 5.41) is 4.12. The minimum Gasteiger partial charge on any atom is -0.465 e. The van der Waals surface area contributed by atoms with Gasteiger partial charge in [0.25, 0.3) is 10.0 Å². The second-order valence-corrected chi connectivity index (χ2v) is 7.28. The molecule has 0 saturated heterocycles. The Morgan fingerprint density at radius 1 is 1.15 bits per heavy atom. The van der Waals surface area contributed by atoms with Gasteiger partial charge in [-0.3, -0.25) is 4.72 Å². The average Bonchev–Trinajstić information content (AvgIpc) is 3.15. The minimum absolute atomic E-state index is 0.123. The molecule has 26 heavy (non-hydrogen) atoms. The fourth-order valence-electron chi connectivity index (χ4n) is 2.39. The molecule has 0 amide bonds. The van der Waals surface area contributed by atoms with E-state index in [9.17, 15) is 13.2 Å². The molecule has 0 spiro atoms. The number of methoxy groups -OCH3 is 1. The van der Waals surface area contributed by atoms with Gasteiger partial charge < -0.3 is 4.74 Å². The Morgan fingerprint density at radius 2 is 1.88 bits per heavy atom. The van der Waals surface area contributed by atoms with Crippen LogP contribution in [0.15, 0.2) is 65.8 Å². The highest BCUT2D eigenvalue weighted by Gasteiger charge is 2.19. The van der Waals surface area contributed by atoms with Crippen molar-refractivity contribution >= 4 is 21.7 Å². The predicted octanol–water partition coefficient (Wildman–Crippen LogP) is 2.77. The van der Waals surface area contributed by atoms with Crippen molar-refractivity contribution in [2.24, 2.45) is 0 Å². The number of nitrogens with zero attached hydrogens (tertiary/aromatic N) is 2. The van der Waals surface area contributed by atoms with Crippen LogP contribution in [0.1, 0.15) is 15.9 Å². The van der Waals surface area contributed by atoms with E-state index >= 15 is 0 Å². The number of carbonyl (C=O) groups is 1. The number of hydrogen-bond acceptors (Lipinski definition) is 5. The normalized spacial score (nSPS) is 11.2. The van der Waals surface area contributed by atoms with Crippen molar-refractivity contribution in [3.05, 3.63) is 72.1 Å². The molecule has 1 heterocycles. The lowest BCUT2D eigenvalue weighted by Crippen LogP contribution is -2.16. The van der Waals surface area contributed by atoms with Crippen molar-refractivity contribution in [3.8, 4) is 5.69 Å². The molecule has 0 atom stereocenters. The molecule has 1 aromatic heterocycles. The molecule has 134 valence electrons. The van der Waals surface area contributed by atoms with Crippen LogP contribution in [0.5, 0.6) is 0 Å². The highest BCUT2D eigenvalue weighted by Crippen LogP contribution is 2.25. The molecule has 0 saturated carbocycles. The van der Waals surface area contributed by atoms with Gasteiger partial charge in [0.1, 0.15) is 0 Å². The number of benzene rings is 2. The zero-order valence-corrected chi connectivity index (χ0v) is 15.0. The van der Waals surface area contributed by atoms with Gasteiger partial charge in [-0.25, -0.2) is 17.9 Å². The molecule has 8 heteroatoms. The predicted molar refractivity (Wildman–Crippen MR) is 96.9 cm³/mol. The van der Waals surface area contributed by atoms with Crippen LogP contribution in [0.4, 0.5) is 5.69 Å². The maximum Gasteiger partial charge on any atom is 0.337 e. The molecule has 0 bridgehead atoms. The molecular formula is C18H17N3O4S. The minimum atomic E-state index is -3.84. The van der Waals surface area contributed by atoms with Crippen LogP contribution >= 0.6 is 0 Å². The number of carbonyl (C=O) groups excluding carboxylic acids is 1. The maximum atomic E-state index is 12.7. The summed E-state index contributed by atoms with van der Waals surface area (Å²) in [5.74, 6) is -0.562. The van der Waals surface area contributed by atoms with Gasteiger partial charge in [-0.1, -0.05) is 17.7 Å². The molecule has 2 aromatic carbocycles. The summed E-state index contributed by atoms with van der Waals surface area (Å²) < 4.78 is 34.2. The molecule has 3 aromatic rings. The summed E-state index contributed by atoms with van der Waals surface area (Å²) in [4.78, 5) is 11.9. The molecule has 0 unspecified atom stereocenters. The summed E-state index contributed by atoms with van der Waals surface area (Å²) in [5.41, 5.74) is 1.88. The van der Waals surface area contributed by atoms with Gasteiger partial charge in [-0.05, 0) is 43.3 Å². The van der Waals surface area contributed by atoms with Gasteiger partial charge in [0.05, 0.1) is 28.9 Å². The van der Waals surface area contributed by atoms with Gasteiger partial charge in [-0.15, -0.1) is 0 Å². The second kappa shape index (κ2) is 7.01. The van der Waals surface area contributed by atoms with Crippen LogP contribution in [0.3, 0.4) is 0 Å². The average molecular weight is 371 g/mol. The van der Waals surface area contributed by atoms with Gasteiger partial charge in [0.15, 0.2) is 0 Å². The van der Waals surface area contributed by atoms with Gasteiger partial charge in [0.2, 0.25) is 0 Å². The number of ether oxygens (including phenoxy) is 1. The molecule has 0 aliphatic rings. The topological polar surface area (TPSA) is 90.3 Å². The zero-order chi connectivity index (χ0) is 18.7. The summed E-state index contributed by atoms with van der Waals surface area (Å²) in [6.45, 7) is 1.87. The number of aromatic nitrogens is 2. The van der Waals surface area contributed by atoms with Crippen molar-refractivity contribution in [2.45, 2.75) is 11.8 Å². The highest BCUT2D eigenvalue weighted by molar-refractivity contribution is 7.92. The van der Waals surface area contributed by atoms with Crippen LogP contribution < -0.4 is 4.72 Å². The van der Waals surface area contributed by atoms with Crippen LogP contribution in [0.25, 0.3) is 5.69 Å². The van der Waals surface area contributed by atoms with Crippen molar-refractivity contribution in [3.63, 3.8) is 0 Å². The number of sulfonamides is 1. The van der Waals surface area contributed by atoms with Crippen LogP contribution in [-0.4, -0.2) is 31.3 Å². The quantitative estimate of drug-likeness (QED) is 0.697. The highest BCUT2D eigenvalue weighted by atomic mass is 32.2. The molecule has 0 fully saturated rings. The molecule has 0 aliphatic heterocycles. The smallest absolute Gasteiger partial charge is 0.337 e. The van der Waals surface area contributed by atoms with E-state index in [4.69, 9.17) is 4.74 Å². The van der Waals surface area contributed by atoms with Crippen molar-refractivity contribution in [2.75, 3.05) is 11.8 Å². The SMILES string of the molecule is COC(=O)c1ccc(-n2cccn2)c(NS(=O)(=O)c2ccc(C)cc2)c1. The lowest BCUT2D eigenvalue weighted by Gasteiger charge is -2.14. The molecular weight excluding hydrogens is 354 g/mol. The van der Waals surface area contributed by atoms with Crippen LogP contribution in [-0.2, 0) is 14.8 Å². The lowest BCUT2D eigenvalue weighted by atomic mass is 10.2. The van der Waals surface area contributed by atoms with Crippen molar-refractivity contribution in [1.29, 1.82) is 0 Å². The number of aryl methyl sites for hydroxylation is 1. The van der Waals surface area contributed by atoms with Gasteiger partial charge >= 0.3 is 5.97 Å². The van der Waals surface area contributed by atoms with Gasteiger partial charge in [-0.2, -0.15) is 5.10 Å². The summed E-state index contributed by atoms with van der Waals surface area (Å²) in [7, 11) is -2.57. The number of anilines is 1. The largest absolute Gasteiger partial charge is 0.465 e. The first-order chi connectivity index (χ1) is 12.4. The van der Waals surface area contributed by atoms with Gasteiger partial charge in [0, 0.05) is 12.4 Å². The van der Waals surface area contributed by atoms with Crippen molar-refractivity contribution < 1.29 is 17.9 Å². The Balaban J connectivity index is 2.06. The van der Waals surface area contributed by atoms with E-state index in [0.29, 0.717) is 5.69 Å². The number of rotatable bonds is 5. The third kappa shape index (κ3) is 3.60. The van der Waals surface area contributed by atoms with E-state index in [1.54, 1.807) is 42.7 Å². The zero-order valence-electron chi connectivity index (χ0n) is 14.2. The third-order valence-corrected chi connectivity index (χ3v) is 5.13. The first-order valence-corrected chi connectivity index (χ1v) is 9.21. The summed E-state index contributed by atoms with van der Waals surface area (Å²) in [6, 6.07) is 12.8. The fraction of sp³-hybridized carbons (Fsp3) is 0.111. The molecule has 7 nitrogen and oxygen atoms in total. The first kappa shape index (κ1) is 17.7. The Hall–Kier alpha value is -3.13. The molecule has 3 rings (SSSR count). The van der Waals surface area contributed by atoms with E-state index in [0.717, 1.165) is 5.56 Å². The summed E-state index contributed by atoms with van der Waals surface area (Å²) in [6.07, 6.45) is 3.25. The Morgan fingerprint density at radius 3 is 2.50 bits per heavy atom. The number of esters is 1. The van der Waals surface area contributed by atoms with E-state index in [1.165, 1.54) is 30.0 Å². The Bertz CT molecular complexity index is 1030. The molecule has 0 aliphatic carbocycles. The third-order valence-electron chi connectivity index (χ3n) is 3.74. The van der Waals surface area contributed by atoms with E-state index in [2.05, 4.69) is 9.82 Å². The van der Waals surface area contributed by atoms with E-state index in [-0.39, 0.29) is 16.1 Å². The maximum absolute atomic E-state index is 12.7. The standard InChI is InChI=1S/C18H17N3O4S/c1-13-4-7-15(8-5-13)26(23,24)20-16-12-14(18(22)25-2)6-9-17(16)21-11-3-10-19-21/h3-12,20H,1-2H3. The Kier molecular flexibility index (Phi) is 4.77. The summed E-state index contributed by atoms with van der Waals surface area (Å²) >= 11 is 0. The number of hydrogen-bond donors (Lipinski definition) is 1. The lowest BCUT2D eigenvalue weighted by molar-refractivity contribution is 0.0601. The molecule has 1 N–H and O–H groups in total. The first-order valence-electron chi connectivity index (χ1n) is 7.72. The monoisotopic (exact) mass is 371 g/mol. The van der Waals surface area contributed by atoms with E-state index in [1.807, 2.05) is 6.92 Å². The second-order valence-electron chi connectivity index (χ2n) is 5.59. The van der Waals surface area contributed by atoms with Crippen LogP contribution in [0.2, 0.25) is 0 Å². The Labute approximate surface area is 151 Å². The fourth-order valence-corrected chi connectivity index (χ4v) is 3.46. The van der Waals surface area contributed by atoms with Crippen molar-refractivity contribution in [1.82, 2.24) is 9.78 Å². The molecule has 0 radical (unpaired) electrons.